The van der Waals surface area contributed by atoms with Crippen molar-refractivity contribution in [2.24, 2.45) is 5.92 Å². The average Bonchev–Trinajstić information content (AvgIpc) is 2.53. The molecule has 1 aromatic carbocycles. The fourth-order valence-corrected chi connectivity index (χ4v) is 3.27. The van der Waals surface area contributed by atoms with Gasteiger partial charge in [-0.3, -0.25) is 0 Å². The minimum atomic E-state index is -0.419. The van der Waals surface area contributed by atoms with Crippen LogP contribution in [0.3, 0.4) is 0 Å². The lowest BCUT2D eigenvalue weighted by molar-refractivity contribution is 0.198. The van der Waals surface area contributed by atoms with Crippen molar-refractivity contribution in [1.29, 1.82) is 0 Å². The lowest BCUT2D eigenvalue weighted by atomic mass is 10.0. The second kappa shape index (κ2) is 6.07. The Morgan fingerprint density at radius 1 is 1.33 bits per heavy atom. The second-order valence-corrected chi connectivity index (χ2v) is 6.26. The number of benzene rings is 1. The van der Waals surface area contributed by atoms with Gasteiger partial charge in [-0.1, -0.05) is 28.9 Å². The lowest BCUT2D eigenvalue weighted by Gasteiger charge is -2.24. The molecule has 18 heavy (non-hydrogen) atoms. The van der Waals surface area contributed by atoms with Gasteiger partial charge in [0.05, 0.1) is 6.10 Å². The van der Waals surface area contributed by atoms with Crippen LogP contribution in [0.15, 0.2) is 22.7 Å². The van der Waals surface area contributed by atoms with Gasteiger partial charge in [0.1, 0.15) is 0 Å². The van der Waals surface area contributed by atoms with Crippen molar-refractivity contribution in [3.8, 4) is 0 Å². The van der Waals surface area contributed by atoms with Gasteiger partial charge in [0.2, 0.25) is 0 Å². The van der Waals surface area contributed by atoms with Gasteiger partial charge in [0.15, 0.2) is 0 Å². The molecule has 1 aromatic rings. The summed E-state index contributed by atoms with van der Waals surface area (Å²) in [5.41, 5.74) is 2.22. The molecule has 1 saturated heterocycles. The largest absolute Gasteiger partial charge is 0.389 e. The molecule has 1 unspecified atom stereocenters. The monoisotopic (exact) mass is 311 g/mol. The molecule has 0 saturated carbocycles. The Hall–Kier alpha value is -0.540. The molecule has 2 atom stereocenters. The Balaban J connectivity index is 2.15. The Bertz CT molecular complexity index is 405. The molecule has 0 aromatic heterocycles. The number of hydrogen-bond donors (Lipinski definition) is 1. The molecule has 0 spiro atoms. The summed E-state index contributed by atoms with van der Waals surface area (Å²) in [6.45, 7) is 6.43. The van der Waals surface area contributed by atoms with Crippen LogP contribution < -0.4 is 4.90 Å². The fourth-order valence-electron chi connectivity index (χ4n) is 2.57. The topological polar surface area (TPSA) is 23.5 Å². The van der Waals surface area contributed by atoms with Gasteiger partial charge >= 0.3 is 0 Å². The number of aliphatic hydroxyl groups excluding tert-OH is 1. The van der Waals surface area contributed by atoms with E-state index in [2.05, 4.69) is 39.9 Å². The number of nitrogens with zero attached hydrogens (tertiary/aromatic N) is 1. The highest BCUT2D eigenvalue weighted by molar-refractivity contribution is 9.10. The number of aliphatic hydroxyl groups is 1. The second-order valence-electron chi connectivity index (χ2n) is 5.40. The molecular weight excluding hydrogens is 290 g/mol. The maximum Gasteiger partial charge on any atom is 0.0772 e. The van der Waals surface area contributed by atoms with E-state index in [1.807, 2.05) is 6.07 Å². The van der Waals surface area contributed by atoms with Crippen molar-refractivity contribution >= 4 is 21.6 Å². The van der Waals surface area contributed by atoms with E-state index >= 15 is 0 Å². The van der Waals surface area contributed by atoms with Crippen LogP contribution in [0.1, 0.15) is 44.8 Å². The Morgan fingerprint density at radius 2 is 2.11 bits per heavy atom. The summed E-state index contributed by atoms with van der Waals surface area (Å²) in [7, 11) is 0. The normalized spacial score (nSPS) is 22.7. The summed E-state index contributed by atoms with van der Waals surface area (Å²) >= 11 is 3.56. The third-order valence-electron chi connectivity index (χ3n) is 3.82. The Morgan fingerprint density at radius 3 is 2.78 bits per heavy atom. The highest BCUT2D eigenvalue weighted by Gasteiger charge is 2.15. The molecule has 2 rings (SSSR count). The first-order valence-electron chi connectivity index (χ1n) is 6.80. The predicted octanol–water partition coefficient (Wildman–Crippen LogP) is 4.13. The van der Waals surface area contributed by atoms with Gasteiger partial charge in [-0.2, -0.15) is 0 Å². The SMILES string of the molecule is CC1CCCN(c2ccc([C@H](C)O)c(Br)c2)CC1. The van der Waals surface area contributed by atoms with E-state index in [9.17, 15) is 5.11 Å². The fraction of sp³-hybridized carbons (Fsp3) is 0.600. The Kier molecular flexibility index (Phi) is 4.68. The first-order valence-corrected chi connectivity index (χ1v) is 7.59. The van der Waals surface area contributed by atoms with Gasteiger partial charge in [-0.05, 0) is 49.8 Å². The van der Waals surface area contributed by atoms with Crippen LogP contribution in [0, 0.1) is 5.92 Å². The first-order chi connectivity index (χ1) is 8.58. The minimum Gasteiger partial charge on any atom is -0.389 e. The van der Waals surface area contributed by atoms with E-state index in [1.165, 1.54) is 24.9 Å². The number of hydrogen-bond acceptors (Lipinski definition) is 2. The molecule has 100 valence electrons. The van der Waals surface area contributed by atoms with E-state index in [1.54, 1.807) is 6.92 Å². The van der Waals surface area contributed by atoms with Crippen molar-refractivity contribution in [2.75, 3.05) is 18.0 Å². The van der Waals surface area contributed by atoms with Gasteiger partial charge in [0.25, 0.3) is 0 Å². The number of rotatable bonds is 2. The molecule has 1 N–H and O–H groups in total. The average molecular weight is 312 g/mol. The van der Waals surface area contributed by atoms with Gasteiger partial charge in [-0.25, -0.2) is 0 Å². The van der Waals surface area contributed by atoms with E-state index in [0.29, 0.717) is 0 Å². The van der Waals surface area contributed by atoms with Crippen molar-refractivity contribution < 1.29 is 5.11 Å². The zero-order valence-corrected chi connectivity index (χ0v) is 12.8. The standard InChI is InChI=1S/C15H22BrNO/c1-11-4-3-8-17(9-7-11)13-5-6-14(12(2)18)15(16)10-13/h5-6,10-12,18H,3-4,7-9H2,1-2H3/t11?,12-/m0/s1. The van der Waals surface area contributed by atoms with Crippen LogP contribution in [0.2, 0.25) is 0 Å². The lowest BCUT2D eigenvalue weighted by Crippen LogP contribution is -2.24. The maximum atomic E-state index is 9.64. The van der Waals surface area contributed by atoms with Crippen LogP contribution >= 0.6 is 15.9 Å². The molecule has 1 aliphatic heterocycles. The van der Waals surface area contributed by atoms with Crippen molar-refractivity contribution in [3.05, 3.63) is 28.2 Å². The van der Waals surface area contributed by atoms with Crippen LogP contribution in [0.5, 0.6) is 0 Å². The highest BCUT2D eigenvalue weighted by atomic mass is 79.9. The number of anilines is 1. The third kappa shape index (κ3) is 3.27. The van der Waals surface area contributed by atoms with E-state index in [-0.39, 0.29) is 0 Å². The third-order valence-corrected chi connectivity index (χ3v) is 4.50. The summed E-state index contributed by atoms with van der Waals surface area (Å²) in [5, 5.41) is 9.64. The van der Waals surface area contributed by atoms with Crippen LogP contribution in [-0.4, -0.2) is 18.2 Å². The summed E-state index contributed by atoms with van der Waals surface area (Å²) in [4.78, 5) is 2.46. The quantitative estimate of drug-likeness (QED) is 0.887. The molecule has 0 aliphatic carbocycles. The minimum absolute atomic E-state index is 0.419. The molecule has 2 nitrogen and oxygen atoms in total. The Labute approximate surface area is 118 Å². The van der Waals surface area contributed by atoms with E-state index in [4.69, 9.17) is 0 Å². The summed E-state index contributed by atoms with van der Waals surface area (Å²) in [6, 6.07) is 6.29. The molecule has 0 radical (unpaired) electrons. The van der Waals surface area contributed by atoms with Crippen molar-refractivity contribution in [2.45, 2.75) is 39.2 Å². The van der Waals surface area contributed by atoms with Gasteiger partial charge in [-0.15, -0.1) is 0 Å². The van der Waals surface area contributed by atoms with Crippen molar-refractivity contribution in [3.63, 3.8) is 0 Å². The summed E-state index contributed by atoms with van der Waals surface area (Å²) in [5.74, 6) is 0.843. The molecule has 1 aliphatic rings. The molecule has 0 bridgehead atoms. The van der Waals surface area contributed by atoms with Crippen molar-refractivity contribution in [1.82, 2.24) is 0 Å². The van der Waals surface area contributed by atoms with E-state index in [0.717, 1.165) is 29.0 Å². The molecule has 1 fully saturated rings. The molecule has 0 amide bonds. The first kappa shape index (κ1) is 13.9. The highest BCUT2D eigenvalue weighted by Crippen LogP contribution is 2.30. The van der Waals surface area contributed by atoms with Crippen LogP contribution in [0.25, 0.3) is 0 Å². The summed E-state index contributed by atoms with van der Waals surface area (Å²) < 4.78 is 1.01. The summed E-state index contributed by atoms with van der Waals surface area (Å²) in [6.07, 6.45) is 3.47. The van der Waals surface area contributed by atoms with Crippen LogP contribution in [0.4, 0.5) is 5.69 Å². The zero-order chi connectivity index (χ0) is 13.1. The number of halogens is 1. The maximum absolute atomic E-state index is 9.64. The van der Waals surface area contributed by atoms with E-state index < -0.39 is 6.10 Å². The van der Waals surface area contributed by atoms with Gasteiger partial charge < -0.3 is 10.0 Å². The van der Waals surface area contributed by atoms with Crippen LogP contribution in [-0.2, 0) is 0 Å². The molecule has 1 heterocycles. The zero-order valence-electron chi connectivity index (χ0n) is 11.2. The predicted molar refractivity (Wildman–Crippen MR) is 80.0 cm³/mol. The molecular formula is C15H22BrNO. The van der Waals surface area contributed by atoms with Gasteiger partial charge in [0, 0.05) is 23.2 Å². The molecule has 3 heteroatoms. The smallest absolute Gasteiger partial charge is 0.0772 e.